The monoisotopic (exact) mass is 330 g/mol. The molecule has 0 spiro atoms. The molecule has 18 heavy (non-hydrogen) atoms. The van der Waals surface area contributed by atoms with Gasteiger partial charge in [0.05, 0.1) is 14.2 Å². The van der Waals surface area contributed by atoms with Crippen LogP contribution < -0.4 is 14.3 Å². The minimum atomic E-state index is 0. The van der Waals surface area contributed by atoms with Crippen molar-refractivity contribution in [2.45, 2.75) is 6.54 Å². The highest BCUT2D eigenvalue weighted by molar-refractivity contribution is 8.93. The van der Waals surface area contributed by atoms with Crippen molar-refractivity contribution >= 4 is 38.5 Å². The molecular weight excluding hydrogens is 316 g/mol. The van der Waals surface area contributed by atoms with Crippen molar-refractivity contribution in [2.75, 3.05) is 14.2 Å². The van der Waals surface area contributed by atoms with Crippen LogP contribution in [0.1, 0.15) is 0 Å². The van der Waals surface area contributed by atoms with Crippen LogP contribution in [0.25, 0.3) is 10.2 Å². The van der Waals surface area contributed by atoms with Gasteiger partial charge in [-0.25, -0.2) is 0 Å². The molecule has 0 radical (unpaired) electrons. The lowest BCUT2D eigenvalue weighted by Gasteiger charge is -2.08. The van der Waals surface area contributed by atoms with Gasteiger partial charge >= 0.3 is 0 Å². The largest absolute Gasteiger partial charge is 0.495 e. The number of fused-ring (bicyclic) bond motifs is 1. The van der Waals surface area contributed by atoms with Crippen LogP contribution in [0.4, 0.5) is 0 Å². The molecule has 0 fully saturated rings. The van der Waals surface area contributed by atoms with Crippen LogP contribution in [-0.4, -0.2) is 18.8 Å². The van der Waals surface area contributed by atoms with Gasteiger partial charge in [0.2, 0.25) is 0 Å². The number of nitrogens with one attached hydrogen (secondary N) is 1. The van der Waals surface area contributed by atoms with Gasteiger partial charge in [-0.1, -0.05) is 17.4 Å². The van der Waals surface area contributed by atoms with Gasteiger partial charge < -0.3 is 14.0 Å². The molecule has 0 saturated carbocycles. The Morgan fingerprint density at radius 2 is 1.94 bits per heavy atom. The molecule has 1 aromatic heterocycles. The number of methoxy groups -OCH3 is 2. The molecule has 0 aliphatic rings. The third-order valence-electron chi connectivity index (χ3n) is 2.52. The first-order valence-electron chi connectivity index (χ1n) is 5.12. The van der Waals surface area contributed by atoms with E-state index in [1.54, 1.807) is 20.3 Å². The predicted octanol–water partition coefficient (Wildman–Crippen LogP) is 2.96. The summed E-state index contributed by atoms with van der Waals surface area (Å²) >= 11 is 1.38. The Balaban J connectivity index is 0.00000162. The highest BCUT2D eigenvalue weighted by Crippen LogP contribution is 2.34. The Bertz CT molecular complexity index is 618. The lowest BCUT2D eigenvalue weighted by molar-refractivity contribution is 0.409. The maximum Gasteiger partial charge on any atom is 0.183 e. The van der Waals surface area contributed by atoms with Crippen molar-refractivity contribution in [1.29, 1.82) is 5.41 Å². The van der Waals surface area contributed by atoms with Gasteiger partial charge in [-0.3, -0.25) is 5.41 Å². The zero-order valence-corrected chi connectivity index (χ0v) is 12.8. The Labute approximate surface area is 120 Å². The van der Waals surface area contributed by atoms with E-state index in [4.69, 9.17) is 14.9 Å². The van der Waals surface area contributed by atoms with Crippen molar-refractivity contribution in [2.24, 2.45) is 0 Å². The van der Waals surface area contributed by atoms with E-state index in [1.807, 2.05) is 16.7 Å². The van der Waals surface area contributed by atoms with Gasteiger partial charge in [-0.15, -0.1) is 23.6 Å². The number of allylic oxidation sites excluding steroid dienone is 1. The minimum absolute atomic E-state index is 0. The molecule has 0 unspecified atom stereocenters. The van der Waals surface area contributed by atoms with Crippen molar-refractivity contribution in [3.8, 4) is 11.5 Å². The Kier molecular flexibility index (Phi) is 4.98. The third kappa shape index (κ3) is 2.30. The molecule has 0 atom stereocenters. The number of benzene rings is 1. The van der Waals surface area contributed by atoms with Crippen LogP contribution in [0, 0.1) is 5.41 Å². The number of nitrogens with zero attached hydrogens (tertiary/aromatic N) is 1. The first kappa shape index (κ1) is 14.8. The van der Waals surface area contributed by atoms with Crippen molar-refractivity contribution in [3.63, 3.8) is 0 Å². The lowest BCUT2D eigenvalue weighted by Crippen LogP contribution is -2.11. The second-order valence-corrected chi connectivity index (χ2v) is 4.45. The summed E-state index contributed by atoms with van der Waals surface area (Å²) in [5, 5.41) is 7.97. The summed E-state index contributed by atoms with van der Waals surface area (Å²) in [6.07, 6.45) is 1.77. The molecule has 98 valence electrons. The van der Waals surface area contributed by atoms with Crippen molar-refractivity contribution < 1.29 is 9.47 Å². The number of hydrogen-bond donors (Lipinski definition) is 1. The van der Waals surface area contributed by atoms with Gasteiger partial charge in [0.15, 0.2) is 4.80 Å². The van der Waals surface area contributed by atoms with Crippen LogP contribution in [0.5, 0.6) is 11.5 Å². The average molecular weight is 331 g/mol. The number of rotatable bonds is 4. The van der Waals surface area contributed by atoms with E-state index >= 15 is 0 Å². The van der Waals surface area contributed by atoms with Gasteiger partial charge in [0.25, 0.3) is 0 Å². The highest BCUT2D eigenvalue weighted by Gasteiger charge is 2.14. The zero-order chi connectivity index (χ0) is 12.4. The fraction of sp³-hybridized carbons (Fsp3) is 0.250. The standard InChI is InChI=1S/C12H14N2O2S.BrH/c1-4-7-14-10-8(15-2)5-6-9(16-3)11(10)17-12(14)13;/h4-6,13H,1,7H2,2-3H3;1H. The molecule has 0 aliphatic carbocycles. The van der Waals surface area contributed by atoms with E-state index in [0.717, 1.165) is 21.7 Å². The third-order valence-corrected chi connectivity index (χ3v) is 3.54. The summed E-state index contributed by atoms with van der Waals surface area (Å²) in [4.78, 5) is 0.461. The van der Waals surface area contributed by atoms with Crippen LogP contribution in [0.3, 0.4) is 0 Å². The van der Waals surface area contributed by atoms with Gasteiger partial charge in [-0.05, 0) is 12.1 Å². The first-order chi connectivity index (χ1) is 8.22. The molecular formula is C12H15BrN2O2S. The Morgan fingerprint density at radius 1 is 1.33 bits per heavy atom. The fourth-order valence-corrected chi connectivity index (χ4v) is 2.80. The molecule has 6 heteroatoms. The van der Waals surface area contributed by atoms with Gasteiger partial charge in [0.1, 0.15) is 21.7 Å². The van der Waals surface area contributed by atoms with E-state index in [-0.39, 0.29) is 17.0 Å². The molecule has 4 nitrogen and oxygen atoms in total. The maximum atomic E-state index is 7.97. The summed E-state index contributed by atoms with van der Waals surface area (Å²) < 4.78 is 13.4. The van der Waals surface area contributed by atoms with E-state index < -0.39 is 0 Å². The Morgan fingerprint density at radius 3 is 2.50 bits per heavy atom. The van der Waals surface area contributed by atoms with Crippen LogP contribution >= 0.6 is 28.3 Å². The summed E-state index contributed by atoms with van der Waals surface area (Å²) in [6.45, 7) is 4.30. The van der Waals surface area contributed by atoms with Crippen molar-refractivity contribution in [1.82, 2.24) is 4.57 Å². The summed E-state index contributed by atoms with van der Waals surface area (Å²) in [6, 6.07) is 3.71. The lowest BCUT2D eigenvalue weighted by atomic mass is 10.3. The quantitative estimate of drug-likeness (QED) is 0.876. The maximum absolute atomic E-state index is 7.97. The Hall–Kier alpha value is -1.27. The normalized spacial score (nSPS) is 9.89. The average Bonchev–Trinajstić information content (AvgIpc) is 2.66. The van der Waals surface area contributed by atoms with Crippen molar-refractivity contribution in [3.05, 3.63) is 29.6 Å². The highest BCUT2D eigenvalue weighted by atomic mass is 79.9. The summed E-state index contributed by atoms with van der Waals surface area (Å²) in [5.74, 6) is 1.51. The topological polar surface area (TPSA) is 47.2 Å². The fourth-order valence-electron chi connectivity index (χ4n) is 1.77. The summed E-state index contributed by atoms with van der Waals surface area (Å²) in [7, 11) is 3.25. The minimum Gasteiger partial charge on any atom is -0.495 e. The molecule has 2 aromatic rings. The molecule has 0 saturated heterocycles. The van der Waals surface area contributed by atoms with Gasteiger partial charge in [0, 0.05) is 6.54 Å². The molecule has 0 bridgehead atoms. The van der Waals surface area contributed by atoms with E-state index in [2.05, 4.69) is 6.58 Å². The van der Waals surface area contributed by atoms with E-state index in [1.165, 1.54) is 11.3 Å². The second kappa shape index (κ2) is 6.06. The second-order valence-electron chi connectivity index (χ2n) is 3.45. The zero-order valence-electron chi connectivity index (χ0n) is 10.2. The number of halogens is 1. The van der Waals surface area contributed by atoms with Crippen LogP contribution in [0.15, 0.2) is 24.8 Å². The number of ether oxygens (including phenoxy) is 2. The molecule has 1 N–H and O–H groups in total. The number of aromatic nitrogens is 1. The van der Waals surface area contributed by atoms with E-state index in [9.17, 15) is 0 Å². The molecule has 1 aromatic carbocycles. The molecule has 0 aliphatic heterocycles. The number of thiazole rings is 1. The first-order valence-corrected chi connectivity index (χ1v) is 5.94. The number of hydrogen-bond acceptors (Lipinski definition) is 4. The predicted molar refractivity (Wildman–Crippen MR) is 79.3 cm³/mol. The van der Waals surface area contributed by atoms with Crippen LogP contribution in [-0.2, 0) is 6.54 Å². The molecule has 2 rings (SSSR count). The van der Waals surface area contributed by atoms with Crippen LogP contribution in [0.2, 0.25) is 0 Å². The molecule has 1 heterocycles. The smallest absolute Gasteiger partial charge is 0.183 e. The van der Waals surface area contributed by atoms with E-state index in [0.29, 0.717) is 11.3 Å². The SMILES string of the molecule is Br.C=CCn1c(=N)sc2c(OC)ccc(OC)c21. The van der Waals surface area contributed by atoms with Gasteiger partial charge in [-0.2, -0.15) is 0 Å². The molecule has 0 amide bonds. The summed E-state index contributed by atoms with van der Waals surface area (Å²) in [5.41, 5.74) is 0.891.